The van der Waals surface area contributed by atoms with Crippen LogP contribution in [0.4, 0.5) is 0 Å². The van der Waals surface area contributed by atoms with Crippen LogP contribution in [0.3, 0.4) is 0 Å². The molecule has 0 saturated carbocycles. The van der Waals surface area contributed by atoms with E-state index in [9.17, 15) is 4.79 Å². The number of methoxy groups -OCH3 is 1. The summed E-state index contributed by atoms with van der Waals surface area (Å²) in [4.78, 5) is 20.8. The van der Waals surface area contributed by atoms with Crippen molar-refractivity contribution in [2.75, 3.05) is 13.7 Å². The molecule has 21 heavy (non-hydrogen) atoms. The number of rotatable bonds is 6. The van der Waals surface area contributed by atoms with Crippen molar-refractivity contribution in [2.45, 2.75) is 53.6 Å². The number of ether oxygens (including phenoxy) is 2. The fourth-order valence-corrected chi connectivity index (χ4v) is 2.21. The zero-order valence-electron chi connectivity index (χ0n) is 13.9. The highest BCUT2D eigenvalue weighted by molar-refractivity contribution is 5.90. The van der Waals surface area contributed by atoms with E-state index in [1.807, 2.05) is 6.92 Å². The van der Waals surface area contributed by atoms with Crippen molar-refractivity contribution in [2.24, 2.45) is 5.41 Å². The number of hydrogen-bond acceptors (Lipinski definition) is 5. The van der Waals surface area contributed by atoms with E-state index < -0.39 is 0 Å². The summed E-state index contributed by atoms with van der Waals surface area (Å²) in [5.41, 5.74) is 1.06. The number of carbonyl (C=O) groups excluding carboxylic acids is 1. The SMILES string of the molecule is CCCc1nc(C(OC)C(C)(C)C)ncc1C(=O)OCC. The minimum Gasteiger partial charge on any atom is -0.462 e. The largest absolute Gasteiger partial charge is 0.462 e. The summed E-state index contributed by atoms with van der Waals surface area (Å²) in [6.45, 7) is 10.4. The Morgan fingerprint density at radius 2 is 2.00 bits per heavy atom. The van der Waals surface area contributed by atoms with Crippen molar-refractivity contribution in [1.82, 2.24) is 9.97 Å². The Hall–Kier alpha value is -1.49. The van der Waals surface area contributed by atoms with Crippen molar-refractivity contribution in [3.8, 4) is 0 Å². The average Bonchev–Trinajstić information content (AvgIpc) is 2.38. The van der Waals surface area contributed by atoms with E-state index in [-0.39, 0.29) is 17.5 Å². The molecule has 0 aliphatic carbocycles. The molecule has 118 valence electrons. The zero-order valence-corrected chi connectivity index (χ0v) is 13.9. The van der Waals surface area contributed by atoms with Crippen LogP contribution in [0.1, 0.15) is 69.0 Å². The summed E-state index contributed by atoms with van der Waals surface area (Å²) in [6, 6.07) is 0. The van der Waals surface area contributed by atoms with Gasteiger partial charge in [-0.1, -0.05) is 34.1 Å². The molecular formula is C16H26N2O3. The number of carbonyl (C=O) groups is 1. The van der Waals surface area contributed by atoms with Gasteiger partial charge in [0.2, 0.25) is 0 Å². The molecule has 0 aliphatic rings. The number of aryl methyl sites for hydroxylation is 1. The van der Waals surface area contributed by atoms with Crippen molar-refractivity contribution in [1.29, 1.82) is 0 Å². The van der Waals surface area contributed by atoms with Crippen LogP contribution in [-0.2, 0) is 15.9 Å². The monoisotopic (exact) mass is 294 g/mol. The Balaban J connectivity index is 3.21. The predicted molar refractivity (Wildman–Crippen MR) is 81.2 cm³/mol. The van der Waals surface area contributed by atoms with Crippen LogP contribution in [0.2, 0.25) is 0 Å². The minimum atomic E-state index is -0.364. The Bertz CT molecular complexity index is 481. The number of nitrogens with zero attached hydrogens (tertiary/aromatic N) is 2. The first-order chi connectivity index (χ1) is 9.85. The third-order valence-electron chi connectivity index (χ3n) is 3.13. The van der Waals surface area contributed by atoms with Crippen molar-refractivity contribution in [3.05, 3.63) is 23.3 Å². The molecule has 0 fully saturated rings. The Kier molecular flexibility index (Phi) is 6.27. The average molecular weight is 294 g/mol. The molecule has 1 unspecified atom stereocenters. The van der Waals surface area contributed by atoms with Gasteiger partial charge in [-0.2, -0.15) is 0 Å². The zero-order chi connectivity index (χ0) is 16.0. The second kappa shape index (κ2) is 7.50. The summed E-state index contributed by atoms with van der Waals surface area (Å²) < 4.78 is 10.6. The van der Waals surface area contributed by atoms with Gasteiger partial charge in [0.05, 0.1) is 17.9 Å². The van der Waals surface area contributed by atoms with Gasteiger partial charge in [-0.25, -0.2) is 14.8 Å². The summed E-state index contributed by atoms with van der Waals surface area (Å²) in [7, 11) is 1.65. The molecule has 0 bridgehead atoms. The van der Waals surface area contributed by atoms with E-state index in [1.54, 1.807) is 20.2 Å². The summed E-state index contributed by atoms with van der Waals surface area (Å²) >= 11 is 0. The lowest BCUT2D eigenvalue weighted by Crippen LogP contribution is -2.24. The van der Waals surface area contributed by atoms with E-state index in [4.69, 9.17) is 9.47 Å². The van der Waals surface area contributed by atoms with Crippen LogP contribution in [0.5, 0.6) is 0 Å². The molecule has 0 aromatic carbocycles. The predicted octanol–water partition coefficient (Wildman–Crippen LogP) is 3.34. The molecule has 5 heteroatoms. The van der Waals surface area contributed by atoms with Gasteiger partial charge in [0.25, 0.3) is 0 Å². The van der Waals surface area contributed by atoms with Crippen molar-refractivity contribution < 1.29 is 14.3 Å². The quantitative estimate of drug-likeness (QED) is 0.753. The normalized spacial score (nSPS) is 13.0. The maximum Gasteiger partial charge on any atom is 0.341 e. The van der Waals surface area contributed by atoms with Crippen molar-refractivity contribution in [3.63, 3.8) is 0 Å². The van der Waals surface area contributed by atoms with Crippen molar-refractivity contribution >= 4 is 5.97 Å². The van der Waals surface area contributed by atoms with E-state index >= 15 is 0 Å². The van der Waals surface area contributed by atoms with Gasteiger partial charge < -0.3 is 9.47 Å². The highest BCUT2D eigenvalue weighted by Gasteiger charge is 2.29. The molecule has 0 spiro atoms. The maximum absolute atomic E-state index is 12.0. The smallest absolute Gasteiger partial charge is 0.341 e. The van der Waals surface area contributed by atoms with E-state index in [0.29, 0.717) is 24.4 Å². The maximum atomic E-state index is 12.0. The summed E-state index contributed by atoms with van der Waals surface area (Å²) in [5, 5.41) is 0. The highest BCUT2D eigenvalue weighted by Crippen LogP contribution is 2.33. The first kappa shape index (κ1) is 17.6. The molecule has 0 saturated heterocycles. The van der Waals surface area contributed by atoms with Crippen LogP contribution in [0, 0.1) is 5.41 Å². The number of esters is 1. The van der Waals surface area contributed by atoms with Gasteiger partial charge in [0.1, 0.15) is 6.10 Å². The molecule has 1 rings (SSSR count). The minimum absolute atomic E-state index is 0.121. The lowest BCUT2D eigenvalue weighted by atomic mass is 9.88. The van der Waals surface area contributed by atoms with E-state index in [2.05, 4.69) is 30.7 Å². The molecule has 1 heterocycles. The number of aromatic nitrogens is 2. The molecule has 0 amide bonds. The highest BCUT2D eigenvalue weighted by atomic mass is 16.5. The van der Waals surface area contributed by atoms with Gasteiger partial charge in [-0.15, -0.1) is 0 Å². The molecule has 1 aromatic rings. The van der Waals surface area contributed by atoms with Gasteiger partial charge in [-0.05, 0) is 18.8 Å². The van der Waals surface area contributed by atoms with Gasteiger partial charge >= 0.3 is 5.97 Å². The third kappa shape index (κ3) is 4.49. The van der Waals surface area contributed by atoms with Crippen LogP contribution in [0.15, 0.2) is 6.20 Å². The molecule has 1 aromatic heterocycles. The van der Waals surface area contributed by atoms with Crippen LogP contribution in [-0.4, -0.2) is 29.7 Å². The van der Waals surface area contributed by atoms with Gasteiger partial charge in [0.15, 0.2) is 5.82 Å². The number of hydrogen-bond donors (Lipinski definition) is 0. The lowest BCUT2D eigenvalue weighted by Gasteiger charge is -2.28. The molecule has 5 nitrogen and oxygen atoms in total. The van der Waals surface area contributed by atoms with E-state index in [0.717, 1.165) is 12.1 Å². The second-order valence-electron chi connectivity index (χ2n) is 6.04. The fraction of sp³-hybridized carbons (Fsp3) is 0.688. The summed E-state index contributed by atoms with van der Waals surface area (Å²) in [5.74, 6) is 0.249. The first-order valence-electron chi connectivity index (χ1n) is 7.40. The Labute approximate surface area is 127 Å². The molecule has 1 atom stereocenters. The first-order valence-corrected chi connectivity index (χ1v) is 7.40. The molecule has 0 N–H and O–H groups in total. The Morgan fingerprint density at radius 1 is 1.33 bits per heavy atom. The van der Waals surface area contributed by atoms with Gasteiger partial charge in [0, 0.05) is 13.3 Å². The Morgan fingerprint density at radius 3 is 2.48 bits per heavy atom. The molecule has 0 radical (unpaired) electrons. The van der Waals surface area contributed by atoms with Crippen LogP contribution >= 0.6 is 0 Å². The lowest BCUT2D eigenvalue weighted by molar-refractivity contribution is 0.00840. The second-order valence-corrected chi connectivity index (χ2v) is 6.04. The van der Waals surface area contributed by atoms with E-state index in [1.165, 1.54) is 0 Å². The van der Waals surface area contributed by atoms with Crippen LogP contribution in [0.25, 0.3) is 0 Å². The summed E-state index contributed by atoms with van der Waals surface area (Å²) in [6.07, 6.45) is 2.95. The van der Waals surface area contributed by atoms with Crippen LogP contribution < -0.4 is 0 Å². The standard InChI is InChI=1S/C16H26N2O3/c1-7-9-12-11(15(19)21-8-2)10-17-14(18-12)13(20-6)16(3,4)5/h10,13H,7-9H2,1-6H3. The molecule has 0 aliphatic heterocycles. The third-order valence-corrected chi connectivity index (χ3v) is 3.13. The molecular weight excluding hydrogens is 268 g/mol. The fourth-order valence-electron chi connectivity index (χ4n) is 2.21. The topological polar surface area (TPSA) is 61.3 Å². The van der Waals surface area contributed by atoms with Gasteiger partial charge in [-0.3, -0.25) is 0 Å².